The van der Waals surface area contributed by atoms with E-state index in [4.69, 9.17) is 30.2 Å². The third-order valence-corrected chi connectivity index (χ3v) is 6.76. The van der Waals surface area contributed by atoms with Gasteiger partial charge in [-0.2, -0.15) is 0 Å². The Morgan fingerprint density at radius 3 is 1.80 bits per heavy atom. The maximum absolute atomic E-state index is 9.91. The van der Waals surface area contributed by atoms with Crippen LogP contribution in [0.3, 0.4) is 0 Å². The van der Waals surface area contributed by atoms with Gasteiger partial charge in [-0.1, -0.05) is 103 Å². The Balaban J connectivity index is 1.61. The molecule has 0 atom stereocenters. The van der Waals surface area contributed by atoms with E-state index >= 15 is 0 Å². The van der Waals surface area contributed by atoms with Crippen LogP contribution >= 0.6 is 0 Å². The number of hydrogen-bond acceptors (Lipinski definition) is 3. The van der Waals surface area contributed by atoms with Crippen LogP contribution in [0.15, 0.2) is 151 Å². The molecule has 9 rings (SSSR count). The van der Waals surface area contributed by atoms with Crippen LogP contribution in [0.4, 0.5) is 0 Å². The lowest BCUT2D eigenvalue weighted by atomic mass is 10.1. The molecule has 4 aromatic heterocycles. The topological polar surface area (TPSA) is 48.5 Å². The molecule has 0 N–H and O–H groups in total. The molecule has 0 radical (unpaired) electrons. The van der Waals surface area contributed by atoms with E-state index < -0.39 is 229 Å². The van der Waals surface area contributed by atoms with Crippen LogP contribution < -0.4 is 0 Å². The van der Waals surface area contributed by atoms with Crippen LogP contribution in [-0.4, -0.2) is 24.1 Å². The zero-order valence-corrected chi connectivity index (χ0v) is 21.7. The minimum absolute atomic E-state index is 0.459. The van der Waals surface area contributed by atoms with Crippen LogP contribution in [0, 0.1) is 0 Å². The van der Waals surface area contributed by atoms with Crippen molar-refractivity contribution in [3.63, 3.8) is 0 Å². The zero-order chi connectivity index (χ0) is 50.8. The van der Waals surface area contributed by atoms with E-state index in [2.05, 4.69) is 15.0 Å². The van der Waals surface area contributed by atoms with Gasteiger partial charge in [-0.25, -0.2) is 9.97 Å². The molecule has 0 fully saturated rings. The molecule has 0 amide bonds. The first-order valence-electron chi connectivity index (χ1n) is 25.2. The minimum Gasteiger partial charge on any atom is -0.308 e. The minimum atomic E-state index is -1.06. The number of hydrogen-bond donors (Lipinski definition) is 0. The van der Waals surface area contributed by atoms with Gasteiger partial charge in [0.15, 0.2) is 5.82 Å². The summed E-state index contributed by atoms with van der Waals surface area (Å²) in [6, 6.07) is -20.8. The van der Waals surface area contributed by atoms with Crippen molar-refractivity contribution in [2.24, 2.45) is 0 Å². The number of aromatic nitrogens is 5. The van der Waals surface area contributed by atoms with E-state index in [1.54, 1.807) is 0 Å². The van der Waals surface area contributed by atoms with Gasteiger partial charge in [-0.15, -0.1) is 0 Å². The fourth-order valence-electron chi connectivity index (χ4n) is 4.98. The lowest BCUT2D eigenvalue weighted by molar-refractivity contribution is 1.04. The fourth-order valence-corrected chi connectivity index (χ4v) is 4.98. The lowest BCUT2D eigenvalue weighted by Gasteiger charge is -2.16. The van der Waals surface area contributed by atoms with E-state index in [0.29, 0.717) is 0 Å². The number of para-hydroxylation sites is 4. The van der Waals surface area contributed by atoms with Gasteiger partial charge in [0.1, 0.15) is 5.82 Å². The molecule has 0 aliphatic rings. The summed E-state index contributed by atoms with van der Waals surface area (Å²) in [6.45, 7) is 0. The predicted octanol–water partition coefficient (Wildman–Crippen LogP) is 9.40. The molecule has 0 saturated carbocycles. The molecule has 0 unspecified atom stereocenters. The average Bonchev–Trinajstić information content (AvgIpc) is 3.87. The Labute approximate surface area is 288 Å². The second-order valence-electron chi connectivity index (χ2n) is 9.09. The first-order valence-corrected chi connectivity index (χ1v) is 12.7. The zero-order valence-electron chi connectivity index (χ0n) is 46.7. The highest BCUT2D eigenvalue weighted by Gasteiger charge is 2.19. The summed E-state index contributed by atoms with van der Waals surface area (Å²) < 4.78 is 222. The van der Waals surface area contributed by atoms with E-state index in [1.807, 2.05) is 0 Å². The number of nitrogens with zero attached hydrogens (tertiary/aromatic N) is 5. The molecule has 0 saturated heterocycles. The molecular weight excluding hydrogens is 538 g/mol. The predicted molar refractivity (Wildman–Crippen MR) is 179 cm³/mol. The van der Waals surface area contributed by atoms with E-state index in [-0.39, 0.29) is 0 Å². The summed E-state index contributed by atoms with van der Waals surface area (Å²) in [6.07, 6.45) is -1.65. The highest BCUT2D eigenvalue weighted by Crippen LogP contribution is 2.37. The summed E-state index contributed by atoms with van der Waals surface area (Å²) >= 11 is 0. The average molecular weight is 589 g/mol. The Hall–Kier alpha value is -6.07. The van der Waals surface area contributed by atoms with Crippen LogP contribution in [0.25, 0.3) is 77.8 Å². The fraction of sp³-hybridized carbons (Fsp3) is 0. The molecule has 0 aliphatic carbocycles. The van der Waals surface area contributed by atoms with Crippen molar-refractivity contribution in [3.05, 3.63) is 151 Å². The van der Waals surface area contributed by atoms with Crippen molar-refractivity contribution in [1.29, 1.82) is 0 Å². The second kappa shape index (κ2) is 9.75. The molecule has 5 heteroatoms. The van der Waals surface area contributed by atoms with Crippen LogP contribution in [0.1, 0.15) is 34.3 Å². The van der Waals surface area contributed by atoms with Gasteiger partial charge in [0.05, 0.1) is 67.7 Å². The maximum Gasteiger partial charge on any atom is 0.162 e. The number of rotatable bonds is 4. The van der Waals surface area contributed by atoms with Gasteiger partial charge >= 0.3 is 0 Å². The number of pyridine rings is 1. The van der Waals surface area contributed by atoms with Crippen molar-refractivity contribution in [3.8, 4) is 34.2 Å². The van der Waals surface area contributed by atoms with Gasteiger partial charge in [-0.3, -0.25) is 9.55 Å². The van der Waals surface area contributed by atoms with Crippen molar-refractivity contribution in [2.75, 3.05) is 0 Å². The molecule has 44 heavy (non-hydrogen) atoms. The first-order chi connectivity index (χ1) is 32.2. The molecule has 0 spiro atoms. The lowest BCUT2D eigenvalue weighted by Crippen LogP contribution is -2.04. The normalized spacial score (nSPS) is 19.6. The second-order valence-corrected chi connectivity index (χ2v) is 9.09. The van der Waals surface area contributed by atoms with Gasteiger partial charge in [0.2, 0.25) is 0 Å². The van der Waals surface area contributed by atoms with Crippen LogP contribution in [0.5, 0.6) is 0 Å². The van der Waals surface area contributed by atoms with Crippen molar-refractivity contribution in [1.82, 2.24) is 24.1 Å². The van der Waals surface area contributed by atoms with Crippen LogP contribution in [-0.2, 0) is 0 Å². The SMILES string of the molecule is [2H]c1nc([2H])c2c3c([2H])c([2H])c([2H])c([2H])c3n(-c3c([2H])c([2H])c([2H])c([2H])c3-c3nc(-c4c([2H])c([2H])c([2H])c([2H])c4[2H])nc(-n4c5c([2H])c([2H])c([2H])c([2H])c5c5c([2H])c([2H])c([2H])c([2H])c54)c3[2H])c2c1[2H]. The largest absolute Gasteiger partial charge is 0.308 e. The van der Waals surface area contributed by atoms with E-state index in [1.165, 1.54) is 0 Å². The van der Waals surface area contributed by atoms with Crippen molar-refractivity contribution >= 4 is 43.6 Å². The molecular formula is C39H25N5. The number of fused-ring (bicyclic) bond motifs is 6. The molecule has 0 bridgehead atoms. The Morgan fingerprint density at radius 2 is 1.07 bits per heavy atom. The summed E-state index contributed by atoms with van der Waals surface area (Å²) in [4.78, 5) is 12.6. The Bertz CT molecular complexity index is 3810. The maximum atomic E-state index is 9.91. The first kappa shape index (κ1) is 10.3. The summed E-state index contributed by atoms with van der Waals surface area (Å²) in [5.41, 5.74) is -5.84. The van der Waals surface area contributed by atoms with Crippen molar-refractivity contribution < 1.29 is 34.3 Å². The standard InChI is InChI=1S/C39H25N5/c1-2-12-26(13-3-1)39-41-32(24-38(42-39)44-34-19-9-4-14-27(34)28-15-5-10-20-35(28)44)30-17-7-11-21-36(30)43-33-18-8-6-16-29(33)31-25-40-23-22-37(31)43/h1-25H/i1D,2D,3D,4D,5D,6D,7D,8D,9D,10D,11D,12D,13D,14D,15D,16D,17D,18D,19D,20D,21D,22D,23D,24D,25D. The van der Waals surface area contributed by atoms with Crippen LogP contribution in [0.2, 0.25) is 0 Å². The third kappa shape index (κ3) is 3.69. The molecule has 206 valence electrons. The van der Waals surface area contributed by atoms with Gasteiger partial charge < -0.3 is 4.57 Å². The molecule has 9 aromatic rings. The highest BCUT2D eigenvalue weighted by molar-refractivity contribution is 6.10. The van der Waals surface area contributed by atoms with Gasteiger partial charge in [0.25, 0.3) is 0 Å². The third-order valence-electron chi connectivity index (χ3n) is 6.76. The quantitative estimate of drug-likeness (QED) is 0.206. The Kier molecular flexibility index (Phi) is 2.28. The molecule has 0 aliphatic heterocycles. The highest BCUT2D eigenvalue weighted by atomic mass is 15.1. The smallest absolute Gasteiger partial charge is 0.162 e. The van der Waals surface area contributed by atoms with E-state index in [0.717, 1.165) is 9.13 Å². The molecule has 5 nitrogen and oxygen atoms in total. The number of benzene rings is 5. The Morgan fingerprint density at radius 1 is 0.500 bits per heavy atom. The summed E-state index contributed by atoms with van der Waals surface area (Å²) in [7, 11) is 0. The molecule has 4 heterocycles. The van der Waals surface area contributed by atoms with E-state index in [9.17, 15) is 4.11 Å². The summed E-state index contributed by atoms with van der Waals surface area (Å²) in [5, 5.41) is -1.92. The van der Waals surface area contributed by atoms with Gasteiger partial charge in [0, 0.05) is 51.1 Å². The van der Waals surface area contributed by atoms with Gasteiger partial charge in [-0.05, 0) is 30.2 Å². The molecule has 5 aromatic carbocycles. The monoisotopic (exact) mass is 588 g/mol. The van der Waals surface area contributed by atoms with Crippen molar-refractivity contribution in [2.45, 2.75) is 0 Å². The summed E-state index contributed by atoms with van der Waals surface area (Å²) in [5.74, 6) is -1.80.